The van der Waals surface area contributed by atoms with E-state index in [0.29, 0.717) is 0 Å². The maximum atomic E-state index is 5.11. The van der Waals surface area contributed by atoms with Crippen molar-refractivity contribution < 1.29 is 0 Å². The van der Waals surface area contributed by atoms with Crippen LogP contribution in [0.3, 0.4) is 0 Å². The third-order valence-electron chi connectivity index (χ3n) is 5.44. The van der Waals surface area contributed by atoms with Gasteiger partial charge in [0.1, 0.15) is 5.54 Å². The van der Waals surface area contributed by atoms with Crippen LogP contribution < -0.4 is 10.7 Å². The summed E-state index contributed by atoms with van der Waals surface area (Å²) in [5.41, 5.74) is 5.98. The Hall–Kier alpha value is -3.66. The summed E-state index contributed by atoms with van der Waals surface area (Å²) in [6.07, 6.45) is 21.8. The van der Waals surface area contributed by atoms with Gasteiger partial charge in [0.2, 0.25) is 0 Å². The minimum atomic E-state index is -0.340. The number of rotatable bonds is 0. The number of aliphatic imine (C=N–C) groups is 2. The highest BCUT2D eigenvalue weighted by Crippen LogP contribution is 2.36. The molecule has 3 aliphatic heterocycles. The van der Waals surface area contributed by atoms with Crippen molar-refractivity contribution in [3.05, 3.63) is 100 Å². The van der Waals surface area contributed by atoms with Gasteiger partial charge >= 0.3 is 0 Å². The third-order valence-corrected chi connectivity index (χ3v) is 5.44. The topological polar surface area (TPSA) is 56.3 Å². The van der Waals surface area contributed by atoms with Crippen LogP contribution in [0.4, 0.5) is 0 Å². The molecule has 2 N–H and O–H groups in total. The molecule has 4 heteroatoms. The normalized spacial score (nSPS) is 24.0. The second kappa shape index (κ2) is 5.67. The molecule has 134 valence electrons. The highest BCUT2D eigenvalue weighted by atomic mass is 14.9. The zero-order valence-electron chi connectivity index (χ0n) is 15.2. The lowest BCUT2D eigenvalue weighted by Gasteiger charge is -2.26. The number of H-pyrrole nitrogens is 2. The first-order valence-electron chi connectivity index (χ1n) is 9.47. The Morgan fingerprint density at radius 1 is 0.786 bits per heavy atom. The van der Waals surface area contributed by atoms with Crippen LogP contribution in [-0.2, 0) is 6.42 Å². The Bertz CT molecular complexity index is 1330. The van der Waals surface area contributed by atoms with E-state index in [0.717, 1.165) is 45.6 Å². The van der Waals surface area contributed by atoms with Gasteiger partial charge in [-0.25, -0.2) is 4.99 Å². The number of nitrogens with zero attached hydrogens (tertiary/aromatic N) is 2. The van der Waals surface area contributed by atoms with Crippen LogP contribution in [0, 0.1) is 0 Å². The molecule has 0 aromatic carbocycles. The van der Waals surface area contributed by atoms with Crippen molar-refractivity contribution in [3.63, 3.8) is 0 Å². The molecule has 0 fully saturated rings. The summed E-state index contributed by atoms with van der Waals surface area (Å²) in [5.74, 6) is 0. The molecule has 8 bridgehead atoms. The molecular formula is C24H18N4. The van der Waals surface area contributed by atoms with Crippen molar-refractivity contribution in [2.24, 2.45) is 9.98 Å². The first-order valence-corrected chi connectivity index (χ1v) is 9.47. The van der Waals surface area contributed by atoms with Crippen LogP contribution in [0.2, 0.25) is 0 Å². The van der Waals surface area contributed by atoms with Gasteiger partial charge < -0.3 is 9.97 Å². The Balaban J connectivity index is 1.57. The quantitative estimate of drug-likeness (QED) is 0.724. The molecule has 4 nitrogen and oxygen atoms in total. The van der Waals surface area contributed by atoms with Crippen molar-refractivity contribution in [2.45, 2.75) is 12.0 Å². The number of nitrogens with one attached hydrogen (secondary N) is 2. The third kappa shape index (κ3) is 2.54. The predicted octanol–water partition coefficient (Wildman–Crippen LogP) is 2.76. The van der Waals surface area contributed by atoms with Crippen LogP contribution in [0.5, 0.6) is 0 Å². The Morgan fingerprint density at radius 2 is 1.68 bits per heavy atom. The number of hydrogen-bond donors (Lipinski definition) is 2. The molecule has 1 atom stereocenters. The van der Waals surface area contributed by atoms with E-state index in [1.165, 1.54) is 5.57 Å². The van der Waals surface area contributed by atoms with E-state index < -0.39 is 0 Å². The van der Waals surface area contributed by atoms with Crippen LogP contribution in [0.15, 0.2) is 88.1 Å². The molecule has 0 amide bonds. The molecule has 4 aliphatic rings. The Labute approximate surface area is 162 Å². The highest BCUT2D eigenvalue weighted by Gasteiger charge is 2.35. The van der Waals surface area contributed by atoms with E-state index in [-0.39, 0.29) is 5.54 Å². The summed E-state index contributed by atoms with van der Waals surface area (Å²) in [6.45, 7) is 0. The molecule has 2 aromatic rings. The maximum absolute atomic E-state index is 5.11. The smallest absolute Gasteiger partial charge is 0.110 e. The number of hydrogen-bond acceptors (Lipinski definition) is 2. The molecule has 0 radical (unpaired) electrons. The van der Waals surface area contributed by atoms with E-state index in [4.69, 9.17) is 9.98 Å². The average Bonchev–Trinajstić information content (AvgIpc) is 3.44. The van der Waals surface area contributed by atoms with E-state index in [2.05, 4.69) is 82.8 Å². The molecule has 28 heavy (non-hydrogen) atoms. The summed E-state index contributed by atoms with van der Waals surface area (Å²) < 4.78 is 0. The van der Waals surface area contributed by atoms with Gasteiger partial charge in [-0.2, -0.15) is 0 Å². The fraction of sp³-hybridized carbons (Fsp3) is 0.0833. The molecular weight excluding hydrogens is 344 g/mol. The van der Waals surface area contributed by atoms with Crippen LogP contribution >= 0.6 is 0 Å². The molecule has 2 aromatic heterocycles. The highest BCUT2D eigenvalue weighted by molar-refractivity contribution is 6.20. The Kier molecular flexibility index (Phi) is 3.12. The molecule has 0 saturated heterocycles. The van der Waals surface area contributed by atoms with Gasteiger partial charge in [-0.3, -0.25) is 4.99 Å². The van der Waals surface area contributed by atoms with Crippen molar-refractivity contribution in [1.29, 1.82) is 0 Å². The summed E-state index contributed by atoms with van der Waals surface area (Å²) in [6, 6.07) is 8.41. The second-order valence-corrected chi connectivity index (χ2v) is 7.49. The van der Waals surface area contributed by atoms with Crippen LogP contribution in [0.1, 0.15) is 11.4 Å². The summed E-state index contributed by atoms with van der Waals surface area (Å²) >= 11 is 0. The monoisotopic (exact) mass is 362 g/mol. The standard InChI is InChI=1S/C24H18N4/c1-2-10-24-15-22-9-8-20(27-22)13-19-5-4-17(25-19)12-18-6-7-21(26-18)14-23(28-24)11-16(24)3-1/h1-14,26-27H,15H2. The summed E-state index contributed by atoms with van der Waals surface area (Å²) in [5, 5.41) is 2.07. The zero-order chi connectivity index (χ0) is 18.6. The van der Waals surface area contributed by atoms with Crippen molar-refractivity contribution in [2.75, 3.05) is 0 Å². The molecule has 6 rings (SSSR count). The van der Waals surface area contributed by atoms with Gasteiger partial charge in [0.25, 0.3) is 0 Å². The lowest BCUT2D eigenvalue weighted by molar-refractivity contribution is 0.628. The fourth-order valence-corrected chi connectivity index (χ4v) is 4.15. The number of aromatic amines is 2. The van der Waals surface area contributed by atoms with Crippen LogP contribution in [-0.4, -0.2) is 26.9 Å². The zero-order valence-corrected chi connectivity index (χ0v) is 15.2. The SMILES string of the molecule is C1=CC2=CC3=NC2(C=C1)Cc1ccc([nH]1)C=C1C=CC(=N1)C=c1ccc([nH]1)=C3. The molecule has 1 unspecified atom stereocenters. The van der Waals surface area contributed by atoms with E-state index in [9.17, 15) is 0 Å². The molecule has 0 saturated carbocycles. The summed E-state index contributed by atoms with van der Waals surface area (Å²) in [4.78, 5) is 16.8. The van der Waals surface area contributed by atoms with Crippen molar-refractivity contribution in [3.8, 4) is 0 Å². The van der Waals surface area contributed by atoms with Gasteiger partial charge in [0, 0.05) is 28.5 Å². The van der Waals surface area contributed by atoms with Gasteiger partial charge in [0.15, 0.2) is 0 Å². The van der Waals surface area contributed by atoms with Crippen molar-refractivity contribution in [1.82, 2.24) is 9.97 Å². The molecule has 1 aliphatic carbocycles. The van der Waals surface area contributed by atoms with Gasteiger partial charge in [0.05, 0.1) is 17.1 Å². The number of allylic oxidation sites excluding steroid dienone is 5. The Morgan fingerprint density at radius 3 is 2.61 bits per heavy atom. The maximum Gasteiger partial charge on any atom is 0.110 e. The minimum Gasteiger partial charge on any atom is -0.359 e. The van der Waals surface area contributed by atoms with E-state index in [1.807, 2.05) is 12.2 Å². The first-order chi connectivity index (χ1) is 13.7. The first kappa shape index (κ1) is 15.4. The minimum absolute atomic E-state index is 0.340. The second-order valence-electron chi connectivity index (χ2n) is 7.49. The van der Waals surface area contributed by atoms with E-state index >= 15 is 0 Å². The lowest BCUT2D eigenvalue weighted by Crippen LogP contribution is -2.28. The van der Waals surface area contributed by atoms with Gasteiger partial charge in [-0.1, -0.05) is 24.3 Å². The number of aromatic nitrogens is 2. The van der Waals surface area contributed by atoms with Crippen molar-refractivity contribution >= 4 is 29.7 Å². The fourth-order valence-electron chi connectivity index (χ4n) is 4.15. The summed E-state index contributed by atoms with van der Waals surface area (Å²) in [7, 11) is 0. The van der Waals surface area contributed by atoms with Crippen LogP contribution in [0.25, 0.3) is 18.2 Å². The van der Waals surface area contributed by atoms with Gasteiger partial charge in [-0.15, -0.1) is 0 Å². The lowest BCUT2D eigenvalue weighted by atomic mass is 9.84. The number of fused-ring (bicyclic) bond motifs is 5. The van der Waals surface area contributed by atoms with E-state index in [1.54, 1.807) is 0 Å². The van der Waals surface area contributed by atoms with Gasteiger partial charge in [-0.05, 0) is 66.3 Å². The predicted molar refractivity (Wildman–Crippen MR) is 115 cm³/mol. The largest absolute Gasteiger partial charge is 0.359 e. The average molecular weight is 362 g/mol. The molecule has 1 spiro atoms. The molecule has 5 heterocycles.